The zero-order valence-electron chi connectivity index (χ0n) is 7.84. The van der Waals surface area contributed by atoms with Gasteiger partial charge in [0.1, 0.15) is 0 Å². The fourth-order valence-electron chi connectivity index (χ4n) is 1.13. The quantitative estimate of drug-likeness (QED) is 0.780. The number of rotatable bonds is 3. The standard InChI is InChI=1S/C10H14ClNO/c1-7-3-4-8(5-9(7)11)10(13)6-12-2/h3-5,10,12-13H,6H2,1-2H3. The molecule has 1 unspecified atom stereocenters. The molecule has 1 rings (SSSR count). The minimum absolute atomic E-state index is 0.483. The maximum absolute atomic E-state index is 9.61. The molecule has 1 atom stereocenters. The van der Waals surface area contributed by atoms with Gasteiger partial charge in [0.05, 0.1) is 6.10 Å². The molecule has 0 heterocycles. The molecule has 0 aliphatic carbocycles. The number of nitrogens with one attached hydrogen (secondary N) is 1. The molecule has 0 saturated heterocycles. The second-order valence-corrected chi connectivity index (χ2v) is 3.49. The van der Waals surface area contributed by atoms with Crippen molar-refractivity contribution < 1.29 is 5.11 Å². The lowest BCUT2D eigenvalue weighted by Gasteiger charge is -2.11. The third-order valence-electron chi connectivity index (χ3n) is 1.98. The first-order valence-corrected chi connectivity index (χ1v) is 4.61. The van der Waals surface area contributed by atoms with Crippen molar-refractivity contribution in [2.45, 2.75) is 13.0 Å². The highest BCUT2D eigenvalue weighted by molar-refractivity contribution is 6.31. The minimum atomic E-state index is -0.483. The number of aryl methyl sites for hydroxylation is 1. The second kappa shape index (κ2) is 4.61. The van der Waals surface area contributed by atoms with E-state index >= 15 is 0 Å². The van der Waals surface area contributed by atoms with E-state index in [1.54, 1.807) is 13.1 Å². The van der Waals surface area contributed by atoms with Crippen molar-refractivity contribution in [2.75, 3.05) is 13.6 Å². The van der Waals surface area contributed by atoms with Crippen molar-refractivity contribution in [1.82, 2.24) is 5.32 Å². The first kappa shape index (κ1) is 10.5. The molecule has 0 aliphatic heterocycles. The average Bonchev–Trinajstić information content (AvgIpc) is 2.10. The van der Waals surface area contributed by atoms with Crippen LogP contribution in [0.15, 0.2) is 18.2 Å². The molecule has 0 saturated carbocycles. The molecule has 0 amide bonds. The first-order chi connectivity index (χ1) is 6.15. The number of hydrogen-bond acceptors (Lipinski definition) is 2. The minimum Gasteiger partial charge on any atom is -0.387 e. The number of likely N-dealkylation sites (N-methyl/N-ethyl adjacent to an activating group) is 1. The van der Waals surface area contributed by atoms with Crippen molar-refractivity contribution in [3.63, 3.8) is 0 Å². The van der Waals surface area contributed by atoms with Gasteiger partial charge >= 0.3 is 0 Å². The molecule has 1 aromatic carbocycles. The van der Waals surface area contributed by atoms with Gasteiger partial charge in [-0.1, -0.05) is 23.7 Å². The van der Waals surface area contributed by atoms with Crippen molar-refractivity contribution in [2.24, 2.45) is 0 Å². The fourth-order valence-corrected chi connectivity index (χ4v) is 1.32. The Morgan fingerprint density at radius 1 is 1.54 bits per heavy atom. The smallest absolute Gasteiger partial charge is 0.0914 e. The Balaban J connectivity index is 2.84. The Kier molecular flexibility index (Phi) is 3.72. The van der Waals surface area contributed by atoms with E-state index in [0.29, 0.717) is 11.6 Å². The molecule has 13 heavy (non-hydrogen) atoms. The first-order valence-electron chi connectivity index (χ1n) is 4.24. The zero-order valence-corrected chi connectivity index (χ0v) is 8.60. The molecule has 2 N–H and O–H groups in total. The molecule has 0 aromatic heterocycles. The van der Waals surface area contributed by atoms with Crippen molar-refractivity contribution in [1.29, 1.82) is 0 Å². The lowest BCUT2D eigenvalue weighted by atomic mass is 10.1. The maximum atomic E-state index is 9.61. The van der Waals surface area contributed by atoms with Crippen LogP contribution < -0.4 is 5.32 Å². The van der Waals surface area contributed by atoms with Gasteiger partial charge in [-0.15, -0.1) is 0 Å². The lowest BCUT2D eigenvalue weighted by molar-refractivity contribution is 0.178. The van der Waals surface area contributed by atoms with Crippen LogP contribution in [0.1, 0.15) is 17.2 Å². The van der Waals surface area contributed by atoms with Crippen molar-refractivity contribution in [3.8, 4) is 0 Å². The van der Waals surface area contributed by atoms with Gasteiger partial charge in [-0.25, -0.2) is 0 Å². The van der Waals surface area contributed by atoms with E-state index in [1.165, 1.54) is 0 Å². The Bertz CT molecular complexity index is 288. The highest BCUT2D eigenvalue weighted by Gasteiger charge is 2.06. The molecule has 72 valence electrons. The van der Waals surface area contributed by atoms with Crippen LogP contribution in [0.5, 0.6) is 0 Å². The molecule has 0 bridgehead atoms. The fraction of sp³-hybridized carbons (Fsp3) is 0.400. The number of benzene rings is 1. The van der Waals surface area contributed by atoms with Crippen LogP contribution in [0, 0.1) is 6.92 Å². The van der Waals surface area contributed by atoms with Crippen LogP contribution in [0.2, 0.25) is 5.02 Å². The predicted octanol–water partition coefficient (Wildman–Crippen LogP) is 1.90. The SMILES string of the molecule is CNCC(O)c1ccc(C)c(Cl)c1. The summed E-state index contributed by atoms with van der Waals surface area (Å²) in [5.74, 6) is 0. The van der Waals surface area contributed by atoms with Gasteiger partial charge in [0, 0.05) is 11.6 Å². The summed E-state index contributed by atoms with van der Waals surface area (Å²) in [6.07, 6.45) is -0.483. The van der Waals surface area contributed by atoms with Crippen molar-refractivity contribution >= 4 is 11.6 Å². The summed E-state index contributed by atoms with van der Waals surface area (Å²) < 4.78 is 0. The van der Waals surface area contributed by atoms with Gasteiger partial charge in [0.2, 0.25) is 0 Å². The van der Waals surface area contributed by atoms with Crippen LogP contribution in [0.4, 0.5) is 0 Å². The third-order valence-corrected chi connectivity index (χ3v) is 2.39. The largest absolute Gasteiger partial charge is 0.387 e. The molecule has 0 fully saturated rings. The van der Waals surface area contributed by atoms with E-state index in [0.717, 1.165) is 11.1 Å². The molecule has 0 radical (unpaired) electrons. The van der Waals surface area contributed by atoms with E-state index in [-0.39, 0.29) is 0 Å². The predicted molar refractivity (Wildman–Crippen MR) is 55.1 cm³/mol. The molecule has 3 heteroatoms. The van der Waals surface area contributed by atoms with E-state index in [4.69, 9.17) is 11.6 Å². The van der Waals surface area contributed by atoms with Crippen LogP contribution in [0.25, 0.3) is 0 Å². The highest BCUT2D eigenvalue weighted by atomic mass is 35.5. The van der Waals surface area contributed by atoms with Crippen molar-refractivity contribution in [3.05, 3.63) is 34.3 Å². The lowest BCUT2D eigenvalue weighted by Crippen LogP contribution is -2.16. The maximum Gasteiger partial charge on any atom is 0.0914 e. The molecular weight excluding hydrogens is 186 g/mol. The summed E-state index contributed by atoms with van der Waals surface area (Å²) in [7, 11) is 1.80. The Morgan fingerprint density at radius 2 is 2.23 bits per heavy atom. The van der Waals surface area contributed by atoms with Gasteiger partial charge in [-0.2, -0.15) is 0 Å². The average molecular weight is 200 g/mol. The van der Waals surface area contributed by atoms with E-state index in [1.807, 2.05) is 19.1 Å². The Morgan fingerprint density at radius 3 is 2.77 bits per heavy atom. The van der Waals surface area contributed by atoms with Crippen LogP contribution in [-0.4, -0.2) is 18.7 Å². The van der Waals surface area contributed by atoms with E-state index in [9.17, 15) is 5.11 Å². The normalized spacial score (nSPS) is 12.9. The monoisotopic (exact) mass is 199 g/mol. The molecule has 1 aromatic rings. The molecular formula is C10H14ClNO. The summed E-state index contributed by atoms with van der Waals surface area (Å²) in [5, 5.41) is 13.2. The number of hydrogen-bond donors (Lipinski definition) is 2. The van der Waals surface area contributed by atoms with Gasteiger partial charge < -0.3 is 10.4 Å². The van der Waals surface area contributed by atoms with E-state index in [2.05, 4.69) is 5.32 Å². The molecule has 0 spiro atoms. The summed E-state index contributed by atoms with van der Waals surface area (Å²) in [6.45, 7) is 2.48. The number of halogens is 1. The van der Waals surface area contributed by atoms with Gasteiger partial charge in [-0.3, -0.25) is 0 Å². The number of aliphatic hydroxyl groups is 1. The topological polar surface area (TPSA) is 32.3 Å². The molecule has 2 nitrogen and oxygen atoms in total. The summed E-state index contributed by atoms with van der Waals surface area (Å²) in [5.41, 5.74) is 1.88. The van der Waals surface area contributed by atoms with Gasteiger partial charge in [-0.05, 0) is 31.2 Å². The van der Waals surface area contributed by atoms with Crippen LogP contribution in [-0.2, 0) is 0 Å². The third kappa shape index (κ3) is 2.69. The van der Waals surface area contributed by atoms with Crippen LogP contribution in [0.3, 0.4) is 0 Å². The van der Waals surface area contributed by atoms with Gasteiger partial charge in [0.25, 0.3) is 0 Å². The summed E-state index contributed by atoms with van der Waals surface area (Å²) >= 11 is 5.93. The second-order valence-electron chi connectivity index (χ2n) is 3.08. The van der Waals surface area contributed by atoms with E-state index < -0.39 is 6.10 Å². The van der Waals surface area contributed by atoms with Crippen LogP contribution >= 0.6 is 11.6 Å². The summed E-state index contributed by atoms with van der Waals surface area (Å²) in [4.78, 5) is 0. The number of aliphatic hydroxyl groups excluding tert-OH is 1. The highest BCUT2D eigenvalue weighted by Crippen LogP contribution is 2.20. The Hall–Kier alpha value is -0.570. The van der Waals surface area contributed by atoms with Gasteiger partial charge in [0.15, 0.2) is 0 Å². The summed E-state index contributed by atoms with van der Waals surface area (Å²) in [6, 6.07) is 5.61. The molecule has 0 aliphatic rings. The Labute approximate surface area is 83.5 Å². The zero-order chi connectivity index (χ0) is 9.84.